The Morgan fingerprint density at radius 2 is 2.05 bits per heavy atom. The molecule has 0 aliphatic carbocycles. The van der Waals surface area contributed by atoms with E-state index in [4.69, 9.17) is 15.6 Å². The fraction of sp³-hybridized carbons (Fsp3) is 0.0714. The van der Waals surface area contributed by atoms with Crippen molar-refractivity contribution in [1.29, 1.82) is 0 Å². The van der Waals surface area contributed by atoms with Crippen LogP contribution in [-0.4, -0.2) is 22.0 Å². The smallest absolute Gasteiger partial charge is 0.335 e. The second-order valence-electron chi connectivity index (χ2n) is 4.11. The molecule has 0 aliphatic rings. The summed E-state index contributed by atoms with van der Waals surface area (Å²) < 4.78 is 5.52. The number of aryl methyl sites for hydroxylation is 1. The van der Waals surface area contributed by atoms with Crippen molar-refractivity contribution in [3.8, 4) is 11.6 Å². The number of carbonyl (C=O) groups excluding carboxylic acids is 1. The van der Waals surface area contributed by atoms with Crippen LogP contribution in [0.15, 0.2) is 36.5 Å². The number of carbonyl (C=O) groups is 2. The van der Waals surface area contributed by atoms with Crippen molar-refractivity contribution in [3.05, 3.63) is 53.2 Å². The number of hydrogen-bond acceptors (Lipinski definition) is 4. The molecule has 2 aromatic rings. The van der Waals surface area contributed by atoms with Crippen molar-refractivity contribution in [2.45, 2.75) is 6.92 Å². The molecule has 3 N–H and O–H groups in total. The molecule has 0 saturated heterocycles. The summed E-state index contributed by atoms with van der Waals surface area (Å²) in [7, 11) is 0. The number of primary amides is 1. The summed E-state index contributed by atoms with van der Waals surface area (Å²) in [4.78, 5) is 26.2. The van der Waals surface area contributed by atoms with Crippen molar-refractivity contribution in [2.24, 2.45) is 5.73 Å². The number of aromatic carboxylic acids is 1. The zero-order valence-electron chi connectivity index (χ0n) is 10.7. The normalized spacial score (nSPS) is 10.1. The minimum absolute atomic E-state index is 0.0469. The highest BCUT2D eigenvalue weighted by atomic mass is 16.5. The maximum absolute atomic E-state index is 11.3. The fourth-order valence-electron chi connectivity index (χ4n) is 1.61. The van der Waals surface area contributed by atoms with Crippen molar-refractivity contribution in [2.75, 3.05) is 0 Å². The van der Waals surface area contributed by atoms with E-state index >= 15 is 0 Å². The molecule has 1 amide bonds. The summed E-state index contributed by atoms with van der Waals surface area (Å²) in [6.07, 6.45) is 1.46. The number of amides is 1. The molecular weight excluding hydrogens is 260 g/mol. The molecule has 0 spiro atoms. The molecule has 20 heavy (non-hydrogen) atoms. The van der Waals surface area contributed by atoms with Crippen LogP contribution in [0.25, 0.3) is 0 Å². The minimum atomic E-state index is -1.06. The van der Waals surface area contributed by atoms with E-state index in [2.05, 4.69) is 4.98 Å². The quantitative estimate of drug-likeness (QED) is 0.885. The number of pyridine rings is 1. The largest absolute Gasteiger partial charge is 0.478 e. The number of carboxylic acid groups (broad SMARTS) is 1. The first-order valence-electron chi connectivity index (χ1n) is 5.75. The number of benzene rings is 1. The summed E-state index contributed by atoms with van der Waals surface area (Å²) in [5.74, 6) is -1.37. The Labute approximate surface area is 114 Å². The summed E-state index contributed by atoms with van der Waals surface area (Å²) >= 11 is 0. The SMILES string of the molecule is Cc1ccc(C(=O)O)cc1Oc1ncccc1C(N)=O. The summed E-state index contributed by atoms with van der Waals surface area (Å²) in [5, 5.41) is 8.96. The van der Waals surface area contributed by atoms with Gasteiger partial charge in [-0.1, -0.05) is 6.07 Å². The third-order valence-corrected chi connectivity index (χ3v) is 2.68. The molecule has 1 aromatic heterocycles. The Hall–Kier alpha value is -2.89. The zero-order chi connectivity index (χ0) is 14.7. The molecular formula is C14H12N2O4. The highest BCUT2D eigenvalue weighted by molar-refractivity contribution is 5.95. The van der Waals surface area contributed by atoms with Gasteiger partial charge in [-0.3, -0.25) is 4.79 Å². The van der Waals surface area contributed by atoms with Gasteiger partial charge in [0, 0.05) is 6.20 Å². The van der Waals surface area contributed by atoms with Crippen LogP contribution in [0.2, 0.25) is 0 Å². The first kappa shape index (κ1) is 13.5. The third-order valence-electron chi connectivity index (χ3n) is 2.68. The first-order valence-corrected chi connectivity index (χ1v) is 5.75. The van der Waals surface area contributed by atoms with Crippen LogP contribution in [0.5, 0.6) is 11.6 Å². The topological polar surface area (TPSA) is 103 Å². The van der Waals surface area contributed by atoms with Crippen LogP contribution in [0.3, 0.4) is 0 Å². The van der Waals surface area contributed by atoms with Crippen molar-refractivity contribution >= 4 is 11.9 Å². The number of rotatable bonds is 4. The average Bonchev–Trinajstić information content (AvgIpc) is 2.41. The molecule has 0 radical (unpaired) electrons. The maximum atomic E-state index is 11.3. The lowest BCUT2D eigenvalue weighted by Gasteiger charge is -2.10. The number of ether oxygens (including phenoxy) is 1. The molecule has 0 saturated carbocycles. The van der Waals surface area contributed by atoms with Crippen LogP contribution in [0.1, 0.15) is 26.3 Å². The van der Waals surface area contributed by atoms with Gasteiger partial charge in [-0.25, -0.2) is 9.78 Å². The van der Waals surface area contributed by atoms with Crippen LogP contribution >= 0.6 is 0 Å². The van der Waals surface area contributed by atoms with E-state index in [-0.39, 0.29) is 17.0 Å². The third kappa shape index (κ3) is 2.74. The van der Waals surface area contributed by atoms with E-state index in [1.54, 1.807) is 19.1 Å². The minimum Gasteiger partial charge on any atom is -0.478 e. The van der Waals surface area contributed by atoms with E-state index < -0.39 is 11.9 Å². The van der Waals surface area contributed by atoms with Gasteiger partial charge in [0.05, 0.1) is 5.56 Å². The lowest BCUT2D eigenvalue weighted by atomic mass is 10.1. The lowest BCUT2D eigenvalue weighted by molar-refractivity contribution is 0.0696. The van der Waals surface area contributed by atoms with Gasteiger partial charge < -0.3 is 15.6 Å². The van der Waals surface area contributed by atoms with Gasteiger partial charge in [-0.2, -0.15) is 0 Å². The Balaban J connectivity index is 2.42. The summed E-state index contributed by atoms with van der Waals surface area (Å²) in [6, 6.07) is 7.51. The Bertz CT molecular complexity index is 683. The maximum Gasteiger partial charge on any atom is 0.335 e. The molecule has 0 atom stereocenters. The van der Waals surface area contributed by atoms with E-state index in [9.17, 15) is 9.59 Å². The van der Waals surface area contributed by atoms with Gasteiger partial charge in [0.1, 0.15) is 11.3 Å². The Morgan fingerprint density at radius 3 is 2.70 bits per heavy atom. The standard InChI is InChI=1S/C14H12N2O4/c1-8-4-5-9(14(18)19)7-11(8)20-13-10(12(15)17)3-2-6-16-13/h2-7H,1H3,(H2,15,17)(H,18,19). The van der Waals surface area contributed by atoms with Gasteiger partial charge in [-0.05, 0) is 36.8 Å². The number of nitrogens with zero attached hydrogens (tertiary/aromatic N) is 1. The fourth-order valence-corrected chi connectivity index (χ4v) is 1.61. The molecule has 0 fully saturated rings. The van der Waals surface area contributed by atoms with Gasteiger partial charge in [0.2, 0.25) is 5.88 Å². The second kappa shape index (κ2) is 5.40. The number of nitrogens with two attached hydrogens (primary N) is 1. The van der Waals surface area contributed by atoms with E-state index in [1.165, 1.54) is 24.4 Å². The first-order chi connectivity index (χ1) is 9.49. The molecule has 0 bridgehead atoms. The average molecular weight is 272 g/mol. The van der Waals surface area contributed by atoms with Gasteiger partial charge >= 0.3 is 5.97 Å². The molecule has 1 heterocycles. The number of hydrogen-bond donors (Lipinski definition) is 2. The molecule has 6 nitrogen and oxygen atoms in total. The van der Waals surface area contributed by atoms with Crippen LogP contribution in [0.4, 0.5) is 0 Å². The van der Waals surface area contributed by atoms with Crippen LogP contribution in [0, 0.1) is 6.92 Å². The monoisotopic (exact) mass is 272 g/mol. The predicted molar refractivity (Wildman–Crippen MR) is 71.0 cm³/mol. The van der Waals surface area contributed by atoms with Crippen LogP contribution in [-0.2, 0) is 0 Å². The van der Waals surface area contributed by atoms with Crippen LogP contribution < -0.4 is 10.5 Å². The molecule has 2 rings (SSSR count). The predicted octanol–water partition coefficient (Wildman–Crippen LogP) is 1.98. The van der Waals surface area contributed by atoms with Gasteiger partial charge in [0.15, 0.2) is 0 Å². The number of aromatic nitrogens is 1. The molecule has 6 heteroatoms. The lowest BCUT2D eigenvalue weighted by Crippen LogP contribution is -2.13. The van der Waals surface area contributed by atoms with Crippen molar-refractivity contribution < 1.29 is 19.4 Å². The van der Waals surface area contributed by atoms with E-state index in [0.717, 1.165) is 5.56 Å². The summed E-state index contributed by atoms with van der Waals surface area (Å²) in [6.45, 7) is 1.76. The Morgan fingerprint density at radius 1 is 1.30 bits per heavy atom. The van der Waals surface area contributed by atoms with E-state index in [1.807, 2.05) is 0 Å². The summed E-state index contributed by atoms with van der Waals surface area (Å²) in [5.41, 5.74) is 6.17. The molecule has 102 valence electrons. The van der Waals surface area contributed by atoms with E-state index in [0.29, 0.717) is 5.75 Å². The Kier molecular flexibility index (Phi) is 3.65. The number of carboxylic acids is 1. The second-order valence-corrected chi connectivity index (χ2v) is 4.11. The highest BCUT2D eigenvalue weighted by Gasteiger charge is 2.13. The highest BCUT2D eigenvalue weighted by Crippen LogP contribution is 2.27. The molecule has 0 aliphatic heterocycles. The zero-order valence-corrected chi connectivity index (χ0v) is 10.7. The van der Waals surface area contributed by atoms with Gasteiger partial charge in [-0.15, -0.1) is 0 Å². The van der Waals surface area contributed by atoms with Crippen molar-refractivity contribution in [3.63, 3.8) is 0 Å². The molecule has 0 unspecified atom stereocenters. The van der Waals surface area contributed by atoms with Gasteiger partial charge in [0.25, 0.3) is 5.91 Å². The van der Waals surface area contributed by atoms with Crippen molar-refractivity contribution in [1.82, 2.24) is 4.98 Å². The molecule has 1 aromatic carbocycles.